The lowest BCUT2D eigenvalue weighted by molar-refractivity contribution is -0.141. The summed E-state index contributed by atoms with van der Waals surface area (Å²) in [6, 6.07) is 1.80. The Kier molecular flexibility index (Phi) is 14.1. The highest BCUT2D eigenvalue weighted by molar-refractivity contribution is 5.98. The number of hydrogen-bond acceptors (Lipinski definition) is 6. The summed E-state index contributed by atoms with van der Waals surface area (Å²) in [7, 11) is 0. The molecule has 2 heterocycles. The maximum absolute atomic E-state index is 14.0. The SMILES string of the molecule is CCCC=CC(=N)COC1=CCCN=C1N(CCC)CCC(CC)CNc1cc(C(C)(C)C)nc(C(F)(F)F)c1CC. The van der Waals surface area contributed by atoms with Crippen molar-refractivity contribution in [2.75, 3.05) is 38.1 Å². The highest BCUT2D eigenvalue weighted by Gasteiger charge is 2.37. The highest BCUT2D eigenvalue weighted by Crippen LogP contribution is 2.37. The largest absolute Gasteiger partial charge is 0.484 e. The van der Waals surface area contributed by atoms with Gasteiger partial charge in [-0.05, 0) is 56.2 Å². The van der Waals surface area contributed by atoms with Crippen molar-refractivity contribution >= 4 is 17.2 Å². The molecule has 236 valence electrons. The number of anilines is 1. The van der Waals surface area contributed by atoms with Gasteiger partial charge in [0.05, 0.1) is 5.71 Å². The molecule has 0 saturated heterocycles. The molecule has 0 radical (unpaired) electrons. The zero-order chi connectivity index (χ0) is 31.3. The molecule has 0 bridgehead atoms. The highest BCUT2D eigenvalue weighted by atomic mass is 19.4. The van der Waals surface area contributed by atoms with Gasteiger partial charge < -0.3 is 20.4 Å². The first-order chi connectivity index (χ1) is 19.8. The number of alkyl halides is 3. The lowest BCUT2D eigenvalue weighted by Gasteiger charge is -2.30. The maximum Gasteiger partial charge on any atom is 0.433 e. The van der Waals surface area contributed by atoms with E-state index in [1.807, 2.05) is 26.8 Å². The van der Waals surface area contributed by atoms with Crippen molar-refractivity contribution in [1.29, 1.82) is 5.41 Å². The van der Waals surface area contributed by atoms with Crippen LogP contribution in [0.25, 0.3) is 0 Å². The molecule has 1 unspecified atom stereocenters. The van der Waals surface area contributed by atoms with Crippen molar-refractivity contribution in [2.24, 2.45) is 10.9 Å². The molecule has 0 aromatic carbocycles. The molecule has 42 heavy (non-hydrogen) atoms. The molecule has 1 atom stereocenters. The van der Waals surface area contributed by atoms with Gasteiger partial charge in [0.15, 0.2) is 11.6 Å². The number of aromatic nitrogens is 1. The number of amidine groups is 1. The Morgan fingerprint density at radius 3 is 2.48 bits per heavy atom. The van der Waals surface area contributed by atoms with Crippen LogP contribution < -0.4 is 5.32 Å². The van der Waals surface area contributed by atoms with Gasteiger partial charge in [-0.2, -0.15) is 13.2 Å². The number of dihydropyridines is 1. The molecule has 0 fully saturated rings. The summed E-state index contributed by atoms with van der Waals surface area (Å²) in [5.74, 6) is 1.82. The van der Waals surface area contributed by atoms with E-state index in [0.29, 0.717) is 30.2 Å². The molecule has 0 spiro atoms. The van der Waals surface area contributed by atoms with E-state index in [4.69, 9.17) is 15.1 Å². The van der Waals surface area contributed by atoms with Crippen LogP contribution in [-0.4, -0.2) is 54.2 Å². The first-order valence-electron chi connectivity index (χ1n) is 15.6. The van der Waals surface area contributed by atoms with E-state index in [9.17, 15) is 13.2 Å². The average molecular weight is 592 g/mol. The first kappa shape index (κ1) is 35.4. The zero-order valence-electron chi connectivity index (χ0n) is 26.8. The summed E-state index contributed by atoms with van der Waals surface area (Å²) in [6.45, 7) is 16.8. The van der Waals surface area contributed by atoms with E-state index in [1.165, 1.54) is 0 Å². The van der Waals surface area contributed by atoms with Crippen LogP contribution in [0.3, 0.4) is 0 Å². The molecular formula is C33H52F3N5O. The van der Waals surface area contributed by atoms with Crippen LogP contribution >= 0.6 is 0 Å². The molecule has 1 aliphatic rings. The monoisotopic (exact) mass is 591 g/mol. The van der Waals surface area contributed by atoms with E-state index in [1.54, 1.807) is 19.1 Å². The fourth-order valence-corrected chi connectivity index (χ4v) is 4.85. The van der Waals surface area contributed by atoms with Crippen LogP contribution in [-0.2, 0) is 22.7 Å². The maximum atomic E-state index is 14.0. The summed E-state index contributed by atoms with van der Waals surface area (Å²) in [5, 5.41) is 11.6. The number of aliphatic imine (C=N–C) groups is 1. The molecule has 9 heteroatoms. The second-order valence-corrected chi connectivity index (χ2v) is 12.0. The Labute approximate surface area is 251 Å². The molecule has 0 amide bonds. The Morgan fingerprint density at radius 2 is 1.88 bits per heavy atom. The van der Waals surface area contributed by atoms with Crippen molar-refractivity contribution in [3.63, 3.8) is 0 Å². The fraction of sp³-hybridized carbons (Fsp3) is 0.667. The van der Waals surface area contributed by atoms with E-state index in [2.05, 4.69) is 42.0 Å². The second-order valence-electron chi connectivity index (χ2n) is 12.0. The number of allylic oxidation sites excluding steroid dienone is 1. The minimum absolute atomic E-state index is 0.203. The normalized spacial score (nSPS) is 14.9. The number of unbranched alkanes of at least 4 members (excludes halogenated alkanes) is 1. The van der Waals surface area contributed by atoms with Crippen molar-refractivity contribution in [3.05, 3.63) is 47.0 Å². The summed E-state index contributed by atoms with van der Waals surface area (Å²) in [5.41, 5.74) is 0.312. The number of hydrogen-bond donors (Lipinski definition) is 2. The first-order valence-corrected chi connectivity index (χ1v) is 15.6. The summed E-state index contributed by atoms with van der Waals surface area (Å²) in [6.07, 6.45) is 7.10. The third-order valence-electron chi connectivity index (χ3n) is 7.37. The number of nitrogens with zero attached hydrogens (tertiary/aromatic N) is 3. The third-order valence-corrected chi connectivity index (χ3v) is 7.37. The smallest absolute Gasteiger partial charge is 0.433 e. The molecule has 2 rings (SSSR count). The predicted molar refractivity (Wildman–Crippen MR) is 169 cm³/mol. The lowest BCUT2D eigenvalue weighted by Crippen LogP contribution is -2.37. The van der Waals surface area contributed by atoms with E-state index in [-0.39, 0.29) is 24.5 Å². The number of pyridine rings is 1. The van der Waals surface area contributed by atoms with E-state index < -0.39 is 17.3 Å². The summed E-state index contributed by atoms with van der Waals surface area (Å²) < 4.78 is 48.0. The molecule has 2 N–H and O–H groups in total. The summed E-state index contributed by atoms with van der Waals surface area (Å²) >= 11 is 0. The van der Waals surface area contributed by atoms with Gasteiger partial charge >= 0.3 is 6.18 Å². The van der Waals surface area contributed by atoms with Gasteiger partial charge in [-0.1, -0.05) is 67.4 Å². The van der Waals surface area contributed by atoms with Gasteiger partial charge in [0.1, 0.15) is 12.3 Å². The minimum Gasteiger partial charge on any atom is -0.484 e. The van der Waals surface area contributed by atoms with E-state index >= 15 is 0 Å². The molecule has 0 aliphatic carbocycles. The Bertz CT molecular complexity index is 1100. The van der Waals surface area contributed by atoms with Crippen molar-refractivity contribution in [1.82, 2.24) is 9.88 Å². The number of rotatable bonds is 16. The van der Waals surface area contributed by atoms with Gasteiger partial charge in [-0.25, -0.2) is 4.98 Å². The molecule has 1 aromatic rings. The lowest BCUT2D eigenvalue weighted by atomic mass is 9.90. The fourth-order valence-electron chi connectivity index (χ4n) is 4.85. The molecular weight excluding hydrogens is 539 g/mol. The number of ether oxygens (including phenoxy) is 1. The predicted octanol–water partition coefficient (Wildman–Crippen LogP) is 8.58. The Morgan fingerprint density at radius 1 is 1.14 bits per heavy atom. The number of nitrogens with one attached hydrogen (secondary N) is 2. The molecule has 6 nitrogen and oxygen atoms in total. The molecule has 1 aromatic heterocycles. The summed E-state index contributed by atoms with van der Waals surface area (Å²) in [4.78, 5) is 11.1. The zero-order valence-corrected chi connectivity index (χ0v) is 26.8. The quantitative estimate of drug-likeness (QED) is 0.189. The van der Waals surface area contributed by atoms with Crippen molar-refractivity contribution < 1.29 is 17.9 Å². The second kappa shape index (κ2) is 16.7. The topological polar surface area (TPSA) is 73.6 Å². The Hall–Kier alpha value is -2.84. The van der Waals surface area contributed by atoms with Crippen LogP contribution in [0.15, 0.2) is 35.0 Å². The van der Waals surface area contributed by atoms with Gasteiger partial charge in [0.2, 0.25) is 0 Å². The van der Waals surface area contributed by atoms with E-state index in [0.717, 1.165) is 63.2 Å². The minimum atomic E-state index is -4.51. The van der Waals surface area contributed by atoms with Crippen molar-refractivity contribution in [2.45, 2.75) is 105 Å². The average Bonchev–Trinajstić information content (AvgIpc) is 2.94. The van der Waals surface area contributed by atoms with Crippen LogP contribution in [0, 0.1) is 11.3 Å². The van der Waals surface area contributed by atoms with Gasteiger partial charge in [-0.15, -0.1) is 0 Å². The van der Waals surface area contributed by atoms with Crippen LogP contribution in [0.4, 0.5) is 18.9 Å². The van der Waals surface area contributed by atoms with Gasteiger partial charge in [0.25, 0.3) is 0 Å². The van der Waals surface area contributed by atoms with Gasteiger partial charge in [0, 0.05) is 48.5 Å². The standard InChI is InChI=1S/C33H52F3N5O/c1-8-12-13-15-25(37)23-42-28-16-14-18-38-31(28)41(19-9-2)20-17-24(10-3)22-39-27-21-29(32(5,6)7)40-30(26(27)11-4)33(34,35)36/h13,15-16,21,24,37H,8-12,14,17-20,22-23H2,1-7H3,(H,39,40). The Balaban J connectivity index is 2.15. The van der Waals surface area contributed by atoms with Crippen LogP contribution in [0.1, 0.15) is 104 Å². The number of halogens is 3. The van der Waals surface area contributed by atoms with Crippen LogP contribution in [0.2, 0.25) is 0 Å². The van der Waals surface area contributed by atoms with Gasteiger partial charge in [-0.3, -0.25) is 4.99 Å². The van der Waals surface area contributed by atoms with Crippen molar-refractivity contribution in [3.8, 4) is 0 Å². The molecule has 0 saturated carbocycles. The van der Waals surface area contributed by atoms with Crippen LogP contribution in [0.5, 0.6) is 0 Å². The molecule has 1 aliphatic heterocycles. The third kappa shape index (κ3) is 10.8.